The maximum atomic E-state index is 13.3. The summed E-state index contributed by atoms with van der Waals surface area (Å²) in [5.74, 6) is -0.0754. The number of rotatable bonds is 2. The maximum absolute atomic E-state index is 13.3. The third-order valence-electron chi connectivity index (χ3n) is 3.52. The molecule has 1 heterocycles. The van der Waals surface area contributed by atoms with E-state index in [1.165, 1.54) is 12.1 Å². The lowest BCUT2D eigenvalue weighted by Crippen LogP contribution is -2.48. The molecule has 1 aromatic rings. The molecule has 1 aromatic carbocycles. The Balaban J connectivity index is 2.34. The highest BCUT2D eigenvalue weighted by molar-refractivity contribution is 5.97. The van der Waals surface area contributed by atoms with Crippen molar-refractivity contribution in [1.29, 1.82) is 0 Å². The van der Waals surface area contributed by atoms with Gasteiger partial charge in [0.15, 0.2) is 0 Å². The molecule has 2 atom stereocenters. The first-order chi connectivity index (χ1) is 9.02. The molecule has 0 aliphatic carbocycles. The molecule has 0 aromatic heterocycles. The van der Waals surface area contributed by atoms with Crippen LogP contribution in [0.1, 0.15) is 6.92 Å². The van der Waals surface area contributed by atoms with Gasteiger partial charge in [0.2, 0.25) is 5.91 Å². The van der Waals surface area contributed by atoms with Gasteiger partial charge in [-0.1, -0.05) is 13.0 Å². The second-order valence-electron chi connectivity index (χ2n) is 5.22. The molecule has 104 valence electrons. The molecule has 0 saturated carbocycles. The molecule has 1 aliphatic rings. The Bertz CT molecular complexity index is 466. The standard InChI is InChI=1S/C14H20FN3O/c1-10-8-17(2)13(7-16)14(19)18(9-10)12-5-3-4-11(15)6-12/h3-6,10,13H,7-9,16H2,1-2H3. The van der Waals surface area contributed by atoms with Crippen LogP contribution in [0.5, 0.6) is 0 Å². The summed E-state index contributed by atoms with van der Waals surface area (Å²) < 4.78 is 13.3. The van der Waals surface area contributed by atoms with Crippen molar-refractivity contribution >= 4 is 11.6 Å². The number of carbonyl (C=O) groups excluding carboxylic acids is 1. The molecule has 19 heavy (non-hydrogen) atoms. The summed E-state index contributed by atoms with van der Waals surface area (Å²) in [7, 11) is 1.90. The highest BCUT2D eigenvalue weighted by atomic mass is 19.1. The summed E-state index contributed by atoms with van der Waals surface area (Å²) in [6.45, 7) is 3.74. The van der Waals surface area contributed by atoms with Crippen LogP contribution >= 0.6 is 0 Å². The third-order valence-corrected chi connectivity index (χ3v) is 3.52. The first-order valence-electron chi connectivity index (χ1n) is 6.50. The molecule has 4 nitrogen and oxygen atoms in total. The Labute approximate surface area is 113 Å². The van der Waals surface area contributed by atoms with Gasteiger partial charge in [-0.3, -0.25) is 9.69 Å². The van der Waals surface area contributed by atoms with Crippen LogP contribution in [0.15, 0.2) is 24.3 Å². The van der Waals surface area contributed by atoms with Gasteiger partial charge >= 0.3 is 0 Å². The van der Waals surface area contributed by atoms with Crippen molar-refractivity contribution in [3.63, 3.8) is 0 Å². The first kappa shape index (κ1) is 14.0. The quantitative estimate of drug-likeness (QED) is 0.870. The third kappa shape index (κ3) is 2.93. The van der Waals surface area contributed by atoms with E-state index in [1.807, 2.05) is 11.9 Å². The van der Waals surface area contributed by atoms with E-state index in [2.05, 4.69) is 6.92 Å². The van der Waals surface area contributed by atoms with Gasteiger partial charge in [-0.25, -0.2) is 4.39 Å². The predicted octanol–water partition coefficient (Wildman–Crippen LogP) is 1.07. The number of nitrogens with zero attached hydrogens (tertiary/aromatic N) is 2. The number of likely N-dealkylation sites (N-methyl/N-ethyl adjacent to an activating group) is 1. The topological polar surface area (TPSA) is 49.6 Å². The van der Waals surface area contributed by atoms with E-state index in [0.29, 0.717) is 18.2 Å². The average Bonchev–Trinajstić information content (AvgIpc) is 2.46. The molecule has 2 rings (SSSR count). The molecule has 1 saturated heterocycles. The van der Waals surface area contributed by atoms with Crippen molar-refractivity contribution in [2.45, 2.75) is 13.0 Å². The number of anilines is 1. The summed E-state index contributed by atoms with van der Waals surface area (Å²) in [4.78, 5) is 16.2. The molecule has 1 amide bonds. The second kappa shape index (κ2) is 5.67. The lowest BCUT2D eigenvalue weighted by atomic mass is 10.1. The Morgan fingerprint density at radius 1 is 1.42 bits per heavy atom. The summed E-state index contributed by atoms with van der Waals surface area (Å²) in [6, 6.07) is 5.81. The fourth-order valence-electron chi connectivity index (χ4n) is 2.60. The zero-order chi connectivity index (χ0) is 14.0. The lowest BCUT2D eigenvalue weighted by molar-refractivity contribution is -0.122. The number of nitrogens with two attached hydrogens (primary N) is 1. The fourth-order valence-corrected chi connectivity index (χ4v) is 2.60. The SMILES string of the molecule is CC1CN(c2cccc(F)c2)C(=O)C(CN)N(C)C1. The van der Waals surface area contributed by atoms with Crippen molar-refractivity contribution < 1.29 is 9.18 Å². The van der Waals surface area contributed by atoms with Gasteiger partial charge in [0.25, 0.3) is 0 Å². The molecule has 0 radical (unpaired) electrons. The second-order valence-corrected chi connectivity index (χ2v) is 5.22. The van der Waals surface area contributed by atoms with E-state index in [4.69, 9.17) is 5.73 Å². The molecule has 1 fully saturated rings. The van der Waals surface area contributed by atoms with Crippen molar-refractivity contribution in [2.75, 3.05) is 31.6 Å². The van der Waals surface area contributed by atoms with Gasteiger partial charge in [-0.05, 0) is 31.2 Å². The van der Waals surface area contributed by atoms with Crippen LogP contribution < -0.4 is 10.6 Å². The molecule has 5 heteroatoms. The van der Waals surface area contributed by atoms with Gasteiger partial charge in [-0.2, -0.15) is 0 Å². The molecule has 2 N–H and O–H groups in total. The smallest absolute Gasteiger partial charge is 0.245 e. The number of amides is 1. The van der Waals surface area contributed by atoms with Crippen LogP contribution in [0.3, 0.4) is 0 Å². The fraction of sp³-hybridized carbons (Fsp3) is 0.500. The monoisotopic (exact) mass is 265 g/mol. The van der Waals surface area contributed by atoms with Crippen molar-refractivity contribution in [2.24, 2.45) is 11.7 Å². The summed E-state index contributed by atoms with van der Waals surface area (Å²) in [5, 5.41) is 0. The van der Waals surface area contributed by atoms with Crippen LogP contribution in [0, 0.1) is 11.7 Å². The summed E-state index contributed by atoms with van der Waals surface area (Å²) in [6.07, 6.45) is 0. The normalized spacial score (nSPS) is 25.5. The van der Waals surface area contributed by atoms with E-state index in [-0.39, 0.29) is 24.3 Å². The zero-order valence-electron chi connectivity index (χ0n) is 11.3. The first-order valence-corrected chi connectivity index (χ1v) is 6.50. The van der Waals surface area contributed by atoms with Gasteiger partial charge < -0.3 is 10.6 Å². The summed E-state index contributed by atoms with van der Waals surface area (Å²) in [5.41, 5.74) is 6.31. The number of benzene rings is 1. The van der Waals surface area contributed by atoms with E-state index < -0.39 is 0 Å². The molecule has 2 unspecified atom stereocenters. The van der Waals surface area contributed by atoms with E-state index in [1.54, 1.807) is 17.0 Å². The van der Waals surface area contributed by atoms with E-state index in [0.717, 1.165) is 6.54 Å². The minimum atomic E-state index is -0.340. The van der Waals surface area contributed by atoms with E-state index >= 15 is 0 Å². The van der Waals surface area contributed by atoms with Gasteiger partial charge in [0.1, 0.15) is 11.9 Å². The minimum absolute atomic E-state index is 0.0556. The predicted molar refractivity (Wildman–Crippen MR) is 73.4 cm³/mol. The molecule has 1 aliphatic heterocycles. The van der Waals surface area contributed by atoms with Crippen molar-refractivity contribution in [1.82, 2.24) is 4.90 Å². The van der Waals surface area contributed by atoms with Crippen LogP contribution in [0.4, 0.5) is 10.1 Å². The largest absolute Gasteiger partial charge is 0.328 e. The van der Waals surface area contributed by atoms with Gasteiger partial charge in [0, 0.05) is 25.3 Å². The molecular formula is C14H20FN3O. The molecule has 0 bridgehead atoms. The highest BCUT2D eigenvalue weighted by Gasteiger charge is 2.33. The number of hydrogen-bond acceptors (Lipinski definition) is 3. The number of hydrogen-bond donors (Lipinski definition) is 1. The number of halogens is 1. The Morgan fingerprint density at radius 2 is 2.16 bits per heavy atom. The Morgan fingerprint density at radius 3 is 2.79 bits per heavy atom. The Hall–Kier alpha value is -1.46. The van der Waals surface area contributed by atoms with Crippen LogP contribution in [0.25, 0.3) is 0 Å². The van der Waals surface area contributed by atoms with Crippen molar-refractivity contribution in [3.05, 3.63) is 30.1 Å². The summed E-state index contributed by atoms with van der Waals surface area (Å²) >= 11 is 0. The van der Waals surface area contributed by atoms with Crippen molar-refractivity contribution in [3.8, 4) is 0 Å². The minimum Gasteiger partial charge on any atom is -0.328 e. The zero-order valence-corrected chi connectivity index (χ0v) is 11.3. The molecular weight excluding hydrogens is 245 g/mol. The van der Waals surface area contributed by atoms with E-state index in [9.17, 15) is 9.18 Å². The van der Waals surface area contributed by atoms with Crippen LogP contribution in [0.2, 0.25) is 0 Å². The lowest BCUT2D eigenvalue weighted by Gasteiger charge is -2.27. The van der Waals surface area contributed by atoms with Gasteiger partial charge in [0.05, 0.1) is 0 Å². The highest BCUT2D eigenvalue weighted by Crippen LogP contribution is 2.22. The van der Waals surface area contributed by atoms with Crippen LogP contribution in [-0.2, 0) is 4.79 Å². The maximum Gasteiger partial charge on any atom is 0.245 e. The number of carbonyl (C=O) groups is 1. The molecule has 0 spiro atoms. The van der Waals surface area contributed by atoms with Gasteiger partial charge in [-0.15, -0.1) is 0 Å². The average molecular weight is 265 g/mol. The van der Waals surface area contributed by atoms with Crippen LogP contribution in [-0.4, -0.2) is 43.5 Å². The Kier molecular flexibility index (Phi) is 4.17.